The predicted octanol–water partition coefficient (Wildman–Crippen LogP) is 4.37. The van der Waals surface area contributed by atoms with Gasteiger partial charge in [-0.05, 0) is 24.6 Å². The summed E-state index contributed by atoms with van der Waals surface area (Å²) in [4.78, 5) is 0. The Balaban J connectivity index is 1.88. The standard InChI is InChI=1S/C16H13FN2S/c1-11-14-4-2-3-5-15(14)16(19-18-11)20-10-12-6-8-13(17)9-7-12/h2-9H,10H2,1H3. The van der Waals surface area contributed by atoms with Crippen molar-refractivity contribution < 1.29 is 4.39 Å². The lowest BCUT2D eigenvalue weighted by Gasteiger charge is -2.06. The first-order chi connectivity index (χ1) is 9.74. The quantitative estimate of drug-likeness (QED) is 0.668. The van der Waals surface area contributed by atoms with Gasteiger partial charge in [-0.15, -0.1) is 5.10 Å². The zero-order valence-electron chi connectivity index (χ0n) is 11.0. The Bertz CT molecular complexity index is 741. The monoisotopic (exact) mass is 284 g/mol. The number of fused-ring (bicyclic) bond motifs is 1. The zero-order valence-corrected chi connectivity index (χ0v) is 11.8. The highest BCUT2D eigenvalue weighted by Crippen LogP contribution is 2.28. The van der Waals surface area contributed by atoms with E-state index in [1.54, 1.807) is 23.9 Å². The maximum Gasteiger partial charge on any atom is 0.127 e. The topological polar surface area (TPSA) is 25.8 Å². The molecule has 0 aliphatic carbocycles. The van der Waals surface area contributed by atoms with Crippen molar-refractivity contribution in [2.75, 3.05) is 0 Å². The van der Waals surface area contributed by atoms with Crippen molar-refractivity contribution in [3.05, 3.63) is 65.6 Å². The van der Waals surface area contributed by atoms with E-state index >= 15 is 0 Å². The highest BCUT2D eigenvalue weighted by Gasteiger charge is 2.07. The van der Waals surface area contributed by atoms with Gasteiger partial charge in [0.05, 0.1) is 5.69 Å². The van der Waals surface area contributed by atoms with E-state index < -0.39 is 0 Å². The van der Waals surface area contributed by atoms with Gasteiger partial charge >= 0.3 is 0 Å². The molecule has 0 bridgehead atoms. The Kier molecular flexibility index (Phi) is 3.65. The molecule has 0 N–H and O–H groups in total. The van der Waals surface area contributed by atoms with Crippen LogP contribution >= 0.6 is 11.8 Å². The molecule has 4 heteroatoms. The third-order valence-corrected chi connectivity index (χ3v) is 4.18. The van der Waals surface area contributed by atoms with E-state index in [1.165, 1.54) is 12.1 Å². The van der Waals surface area contributed by atoms with Crippen LogP contribution in [0.15, 0.2) is 53.6 Å². The molecule has 0 saturated heterocycles. The van der Waals surface area contributed by atoms with Gasteiger partial charge in [-0.25, -0.2) is 4.39 Å². The SMILES string of the molecule is Cc1nnc(SCc2ccc(F)cc2)c2ccccc12. The third kappa shape index (κ3) is 2.65. The first-order valence-electron chi connectivity index (χ1n) is 6.33. The molecule has 0 spiro atoms. The number of benzene rings is 2. The molecule has 0 radical (unpaired) electrons. The first-order valence-corrected chi connectivity index (χ1v) is 7.32. The molecule has 3 aromatic rings. The van der Waals surface area contributed by atoms with Crippen LogP contribution in [-0.4, -0.2) is 10.2 Å². The summed E-state index contributed by atoms with van der Waals surface area (Å²) in [6.07, 6.45) is 0. The average molecular weight is 284 g/mol. The van der Waals surface area contributed by atoms with Gasteiger partial charge < -0.3 is 0 Å². The summed E-state index contributed by atoms with van der Waals surface area (Å²) in [7, 11) is 0. The molecule has 0 amide bonds. The average Bonchev–Trinajstić information content (AvgIpc) is 2.49. The van der Waals surface area contributed by atoms with Crippen molar-refractivity contribution in [3.8, 4) is 0 Å². The van der Waals surface area contributed by atoms with Gasteiger partial charge in [-0.3, -0.25) is 0 Å². The van der Waals surface area contributed by atoms with Gasteiger partial charge in [0.2, 0.25) is 0 Å². The number of aromatic nitrogens is 2. The lowest BCUT2D eigenvalue weighted by Crippen LogP contribution is -1.93. The van der Waals surface area contributed by atoms with Crippen molar-refractivity contribution in [2.45, 2.75) is 17.7 Å². The van der Waals surface area contributed by atoms with Crippen LogP contribution in [0.2, 0.25) is 0 Å². The molecule has 100 valence electrons. The highest BCUT2D eigenvalue weighted by atomic mass is 32.2. The predicted molar refractivity (Wildman–Crippen MR) is 80.2 cm³/mol. The van der Waals surface area contributed by atoms with Crippen LogP contribution in [0.5, 0.6) is 0 Å². The summed E-state index contributed by atoms with van der Waals surface area (Å²) in [6, 6.07) is 14.7. The summed E-state index contributed by atoms with van der Waals surface area (Å²) < 4.78 is 12.9. The van der Waals surface area contributed by atoms with Gasteiger partial charge in [-0.2, -0.15) is 5.10 Å². The Morgan fingerprint density at radius 1 is 0.950 bits per heavy atom. The molecule has 2 aromatic carbocycles. The fraction of sp³-hybridized carbons (Fsp3) is 0.125. The Hall–Kier alpha value is -1.94. The largest absolute Gasteiger partial charge is 0.207 e. The van der Waals surface area contributed by atoms with Crippen LogP contribution in [0.25, 0.3) is 10.8 Å². The molecule has 3 rings (SSSR count). The molecular weight excluding hydrogens is 271 g/mol. The molecule has 0 saturated carbocycles. The minimum atomic E-state index is -0.209. The van der Waals surface area contributed by atoms with Crippen molar-refractivity contribution in [1.82, 2.24) is 10.2 Å². The molecule has 20 heavy (non-hydrogen) atoms. The number of thioether (sulfide) groups is 1. The van der Waals surface area contributed by atoms with Crippen LogP contribution < -0.4 is 0 Å². The molecule has 0 aliphatic heterocycles. The number of hydrogen-bond acceptors (Lipinski definition) is 3. The molecular formula is C16H13FN2S. The van der Waals surface area contributed by atoms with Crippen LogP contribution in [0.1, 0.15) is 11.3 Å². The van der Waals surface area contributed by atoms with Crippen LogP contribution in [0.3, 0.4) is 0 Å². The van der Waals surface area contributed by atoms with Crippen LogP contribution in [-0.2, 0) is 5.75 Å². The minimum Gasteiger partial charge on any atom is -0.207 e. The van der Waals surface area contributed by atoms with Crippen LogP contribution in [0.4, 0.5) is 4.39 Å². The lowest BCUT2D eigenvalue weighted by molar-refractivity contribution is 0.627. The minimum absolute atomic E-state index is 0.209. The second-order valence-electron chi connectivity index (χ2n) is 4.55. The lowest BCUT2D eigenvalue weighted by atomic mass is 10.1. The fourth-order valence-electron chi connectivity index (χ4n) is 2.05. The smallest absolute Gasteiger partial charge is 0.127 e. The van der Waals surface area contributed by atoms with E-state index in [9.17, 15) is 4.39 Å². The van der Waals surface area contributed by atoms with Gasteiger partial charge in [0.25, 0.3) is 0 Å². The van der Waals surface area contributed by atoms with Crippen LogP contribution in [0, 0.1) is 12.7 Å². The molecule has 0 atom stereocenters. The number of aryl methyl sites for hydroxylation is 1. The summed E-state index contributed by atoms with van der Waals surface area (Å²) in [5.41, 5.74) is 2.01. The number of rotatable bonds is 3. The molecule has 0 unspecified atom stereocenters. The van der Waals surface area contributed by atoms with E-state index in [4.69, 9.17) is 0 Å². The van der Waals surface area contributed by atoms with Crippen molar-refractivity contribution in [3.63, 3.8) is 0 Å². The summed E-state index contributed by atoms with van der Waals surface area (Å²) in [6.45, 7) is 1.96. The number of halogens is 1. The summed E-state index contributed by atoms with van der Waals surface area (Å²) in [5, 5.41) is 11.6. The maximum absolute atomic E-state index is 12.9. The molecule has 1 aromatic heterocycles. The highest BCUT2D eigenvalue weighted by molar-refractivity contribution is 7.98. The van der Waals surface area contributed by atoms with E-state index in [0.717, 1.165) is 32.8 Å². The Labute approximate surface area is 121 Å². The van der Waals surface area contributed by atoms with Crippen molar-refractivity contribution in [1.29, 1.82) is 0 Å². The zero-order chi connectivity index (χ0) is 13.9. The Morgan fingerprint density at radius 2 is 1.65 bits per heavy atom. The molecule has 2 nitrogen and oxygen atoms in total. The first kappa shape index (κ1) is 13.1. The van der Waals surface area contributed by atoms with Gasteiger partial charge in [-0.1, -0.05) is 48.2 Å². The normalized spacial score (nSPS) is 10.9. The molecule has 1 heterocycles. The third-order valence-electron chi connectivity index (χ3n) is 3.13. The van der Waals surface area contributed by atoms with E-state index in [-0.39, 0.29) is 5.82 Å². The van der Waals surface area contributed by atoms with E-state index in [2.05, 4.69) is 22.3 Å². The number of hydrogen-bond donors (Lipinski definition) is 0. The fourth-order valence-corrected chi connectivity index (χ4v) is 2.98. The summed E-state index contributed by atoms with van der Waals surface area (Å²) in [5.74, 6) is 0.543. The number of nitrogens with zero attached hydrogens (tertiary/aromatic N) is 2. The van der Waals surface area contributed by atoms with Gasteiger partial charge in [0.15, 0.2) is 0 Å². The van der Waals surface area contributed by atoms with Crippen molar-refractivity contribution >= 4 is 22.5 Å². The van der Waals surface area contributed by atoms with E-state index in [1.807, 2.05) is 19.1 Å². The van der Waals surface area contributed by atoms with E-state index in [0.29, 0.717) is 0 Å². The Morgan fingerprint density at radius 3 is 2.40 bits per heavy atom. The van der Waals surface area contributed by atoms with Gasteiger partial charge in [0.1, 0.15) is 10.8 Å². The van der Waals surface area contributed by atoms with Crippen molar-refractivity contribution in [2.24, 2.45) is 0 Å². The van der Waals surface area contributed by atoms with Gasteiger partial charge in [0, 0.05) is 16.5 Å². The second kappa shape index (κ2) is 5.59. The molecule has 0 aliphatic rings. The molecule has 0 fully saturated rings. The second-order valence-corrected chi connectivity index (χ2v) is 5.52. The summed E-state index contributed by atoms with van der Waals surface area (Å²) >= 11 is 1.62. The maximum atomic E-state index is 12.9.